The van der Waals surface area contributed by atoms with E-state index in [1.807, 2.05) is 6.07 Å². The molecule has 1 fully saturated rings. The summed E-state index contributed by atoms with van der Waals surface area (Å²) in [6, 6.07) is 5.21. The second-order valence-electron chi connectivity index (χ2n) is 4.56. The second kappa shape index (κ2) is 5.94. The molecule has 0 N–H and O–H groups in total. The Kier molecular flexibility index (Phi) is 4.54. The average molecular weight is 302 g/mol. The van der Waals surface area contributed by atoms with Gasteiger partial charge in [-0.2, -0.15) is 0 Å². The van der Waals surface area contributed by atoms with E-state index < -0.39 is 0 Å². The van der Waals surface area contributed by atoms with Gasteiger partial charge in [0.1, 0.15) is 5.82 Å². The SMILES string of the molecule is COCC1CCN(Cc2cccc(F)c2Br)C1. The molecule has 94 valence electrons. The number of rotatable bonds is 4. The van der Waals surface area contributed by atoms with Crippen LogP contribution in [0.5, 0.6) is 0 Å². The minimum atomic E-state index is -0.185. The number of methoxy groups -OCH3 is 1. The number of benzene rings is 1. The molecule has 0 spiro atoms. The molecule has 1 unspecified atom stereocenters. The maximum absolute atomic E-state index is 13.4. The molecule has 1 atom stereocenters. The van der Waals surface area contributed by atoms with Crippen LogP contribution in [0.25, 0.3) is 0 Å². The van der Waals surface area contributed by atoms with Crippen LogP contribution in [-0.4, -0.2) is 31.7 Å². The van der Waals surface area contributed by atoms with Gasteiger partial charge in [-0.1, -0.05) is 12.1 Å². The summed E-state index contributed by atoms with van der Waals surface area (Å²) in [5, 5.41) is 0. The van der Waals surface area contributed by atoms with Crippen LogP contribution in [-0.2, 0) is 11.3 Å². The first-order valence-electron chi connectivity index (χ1n) is 5.85. The molecule has 0 aliphatic carbocycles. The Morgan fingerprint density at radius 3 is 3.12 bits per heavy atom. The highest BCUT2D eigenvalue weighted by atomic mass is 79.9. The quantitative estimate of drug-likeness (QED) is 0.847. The number of nitrogens with zero attached hydrogens (tertiary/aromatic N) is 1. The van der Waals surface area contributed by atoms with Crippen LogP contribution < -0.4 is 0 Å². The van der Waals surface area contributed by atoms with E-state index in [-0.39, 0.29) is 5.82 Å². The van der Waals surface area contributed by atoms with Gasteiger partial charge in [0.25, 0.3) is 0 Å². The molecule has 0 bridgehead atoms. The Balaban J connectivity index is 1.96. The van der Waals surface area contributed by atoms with E-state index in [0.29, 0.717) is 10.4 Å². The summed E-state index contributed by atoms with van der Waals surface area (Å²) in [5.74, 6) is 0.433. The summed E-state index contributed by atoms with van der Waals surface area (Å²) in [6.07, 6.45) is 1.17. The second-order valence-corrected chi connectivity index (χ2v) is 5.35. The standard InChI is InChI=1S/C13H17BrFNO/c1-17-9-10-5-6-16(7-10)8-11-3-2-4-12(15)13(11)14/h2-4,10H,5-9H2,1H3. The van der Waals surface area contributed by atoms with Gasteiger partial charge in [0.2, 0.25) is 0 Å². The highest BCUT2D eigenvalue weighted by Gasteiger charge is 2.22. The van der Waals surface area contributed by atoms with E-state index in [9.17, 15) is 4.39 Å². The number of halogens is 2. The highest BCUT2D eigenvalue weighted by molar-refractivity contribution is 9.10. The van der Waals surface area contributed by atoms with E-state index in [1.165, 1.54) is 12.5 Å². The largest absolute Gasteiger partial charge is 0.384 e. The Labute approximate surface area is 110 Å². The van der Waals surface area contributed by atoms with Crippen molar-refractivity contribution in [2.24, 2.45) is 5.92 Å². The smallest absolute Gasteiger partial charge is 0.137 e. The maximum Gasteiger partial charge on any atom is 0.137 e. The molecule has 1 heterocycles. The van der Waals surface area contributed by atoms with Gasteiger partial charge >= 0.3 is 0 Å². The molecular formula is C13H17BrFNO. The Bertz CT molecular complexity index is 386. The van der Waals surface area contributed by atoms with E-state index in [0.717, 1.165) is 31.8 Å². The van der Waals surface area contributed by atoms with Crippen molar-refractivity contribution >= 4 is 15.9 Å². The molecule has 1 aromatic rings. The highest BCUT2D eigenvalue weighted by Crippen LogP contribution is 2.24. The summed E-state index contributed by atoms with van der Waals surface area (Å²) in [7, 11) is 1.74. The van der Waals surface area contributed by atoms with Crippen molar-refractivity contribution < 1.29 is 9.13 Å². The van der Waals surface area contributed by atoms with Crippen LogP contribution in [0, 0.1) is 11.7 Å². The van der Waals surface area contributed by atoms with Crippen LogP contribution in [0.3, 0.4) is 0 Å². The molecule has 2 rings (SSSR count). The minimum absolute atomic E-state index is 0.185. The molecule has 1 aromatic carbocycles. The third kappa shape index (κ3) is 3.27. The van der Waals surface area contributed by atoms with Gasteiger partial charge in [0.05, 0.1) is 11.1 Å². The molecule has 0 radical (unpaired) electrons. The van der Waals surface area contributed by atoms with Gasteiger partial charge in [0.15, 0.2) is 0 Å². The molecule has 0 aromatic heterocycles. The van der Waals surface area contributed by atoms with Crippen molar-refractivity contribution in [1.82, 2.24) is 4.90 Å². The molecular weight excluding hydrogens is 285 g/mol. The Morgan fingerprint density at radius 2 is 2.35 bits per heavy atom. The number of hydrogen-bond acceptors (Lipinski definition) is 2. The van der Waals surface area contributed by atoms with Gasteiger partial charge in [0, 0.05) is 20.2 Å². The number of hydrogen-bond donors (Lipinski definition) is 0. The fourth-order valence-electron chi connectivity index (χ4n) is 2.34. The lowest BCUT2D eigenvalue weighted by Crippen LogP contribution is -2.21. The van der Waals surface area contributed by atoms with Gasteiger partial charge in [-0.25, -0.2) is 4.39 Å². The number of ether oxygens (including phenoxy) is 1. The van der Waals surface area contributed by atoms with Crippen LogP contribution in [0.2, 0.25) is 0 Å². The van der Waals surface area contributed by atoms with Gasteiger partial charge in [-0.15, -0.1) is 0 Å². The predicted octanol–water partition coefficient (Wildman–Crippen LogP) is 3.06. The normalized spacial score (nSPS) is 21.0. The molecule has 1 aliphatic rings. The first-order valence-corrected chi connectivity index (χ1v) is 6.64. The van der Waals surface area contributed by atoms with E-state index in [4.69, 9.17) is 4.74 Å². The molecule has 2 nitrogen and oxygen atoms in total. The van der Waals surface area contributed by atoms with Crippen molar-refractivity contribution in [1.29, 1.82) is 0 Å². The van der Waals surface area contributed by atoms with Crippen molar-refractivity contribution in [3.05, 3.63) is 34.1 Å². The Hall–Kier alpha value is -0.450. The zero-order valence-corrected chi connectivity index (χ0v) is 11.5. The molecule has 1 saturated heterocycles. The molecule has 4 heteroatoms. The average Bonchev–Trinajstić information content (AvgIpc) is 2.73. The summed E-state index contributed by atoms with van der Waals surface area (Å²) in [6.45, 7) is 3.73. The third-order valence-electron chi connectivity index (χ3n) is 3.20. The Morgan fingerprint density at radius 1 is 1.53 bits per heavy atom. The molecule has 17 heavy (non-hydrogen) atoms. The zero-order valence-electron chi connectivity index (χ0n) is 9.96. The van der Waals surface area contributed by atoms with Crippen molar-refractivity contribution in [2.45, 2.75) is 13.0 Å². The number of likely N-dealkylation sites (tertiary alicyclic amines) is 1. The predicted molar refractivity (Wildman–Crippen MR) is 69.4 cm³/mol. The minimum Gasteiger partial charge on any atom is -0.384 e. The topological polar surface area (TPSA) is 12.5 Å². The van der Waals surface area contributed by atoms with Crippen LogP contribution in [0.15, 0.2) is 22.7 Å². The lowest BCUT2D eigenvalue weighted by Gasteiger charge is -2.17. The van der Waals surface area contributed by atoms with Gasteiger partial charge < -0.3 is 4.74 Å². The third-order valence-corrected chi connectivity index (χ3v) is 4.09. The fourth-order valence-corrected chi connectivity index (χ4v) is 2.73. The van der Waals surface area contributed by atoms with Crippen LogP contribution in [0.1, 0.15) is 12.0 Å². The molecule has 0 amide bonds. The van der Waals surface area contributed by atoms with Crippen molar-refractivity contribution in [3.8, 4) is 0 Å². The zero-order chi connectivity index (χ0) is 12.3. The van der Waals surface area contributed by atoms with Crippen molar-refractivity contribution in [3.63, 3.8) is 0 Å². The summed E-state index contributed by atoms with van der Waals surface area (Å²) in [4.78, 5) is 2.35. The van der Waals surface area contributed by atoms with Crippen molar-refractivity contribution in [2.75, 3.05) is 26.8 Å². The fraction of sp³-hybridized carbons (Fsp3) is 0.538. The van der Waals surface area contributed by atoms with E-state index >= 15 is 0 Å². The first-order chi connectivity index (χ1) is 8.20. The maximum atomic E-state index is 13.4. The van der Waals surface area contributed by atoms with E-state index in [1.54, 1.807) is 13.2 Å². The van der Waals surface area contributed by atoms with Gasteiger partial charge in [-0.3, -0.25) is 4.90 Å². The van der Waals surface area contributed by atoms with Gasteiger partial charge in [-0.05, 0) is 46.4 Å². The molecule has 0 saturated carbocycles. The first kappa shape index (κ1) is 13.0. The van der Waals surface area contributed by atoms with Crippen LogP contribution in [0.4, 0.5) is 4.39 Å². The summed E-state index contributed by atoms with van der Waals surface area (Å²) < 4.78 is 19.1. The monoisotopic (exact) mass is 301 g/mol. The van der Waals surface area contributed by atoms with E-state index in [2.05, 4.69) is 20.8 Å². The lowest BCUT2D eigenvalue weighted by molar-refractivity contribution is 0.152. The summed E-state index contributed by atoms with van der Waals surface area (Å²) in [5.41, 5.74) is 1.02. The molecule has 1 aliphatic heterocycles. The summed E-state index contributed by atoms with van der Waals surface area (Å²) >= 11 is 3.31. The van der Waals surface area contributed by atoms with Crippen LogP contribution >= 0.6 is 15.9 Å². The lowest BCUT2D eigenvalue weighted by atomic mass is 10.1.